The molecule has 1 aliphatic heterocycles. The number of halogens is 6. The SMILES string of the molecule is CC1(C(=O)Nc2cc(Br)cc3c2C(c2cc(F)ccc2Cl)NC3=O)CCCC(C(F)(F)F)C1. The van der Waals surface area contributed by atoms with E-state index in [1.54, 1.807) is 12.1 Å². The highest BCUT2D eigenvalue weighted by atomic mass is 79.9. The van der Waals surface area contributed by atoms with Gasteiger partial charge in [0.2, 0.25) is 5.91 Å². The van der Waals surface area contributed by atoms with Crippen LogP contribution in [0.25, 0.3) is 0 Å². The zero-order valence-electron chi connectivity index (χ0n) is 17.5. The van der Waals surface area contributed by atoms with Gasteiger partial charge in [-0.2, -0.15) is 13.2 Å². The summed E-state index contributed by atoms with van der Waals surface area (Å²) in [5.74, 6) is -3.08. The quantitative estimate of drug-likeness (QED) is 0.417. The van der Waals surface area contributed by atoms with Gasteiger partial charge < -0.3 is 10.6 Å². The van der Waals surface area contributed by atoms with Crippen LogP contribution >= 0.6 is 27.5 Å². The topological polar surface area (TPSA) is 58.2 Å². The number of anilines is 1. The molecule has 10 heteroatoms. The number of carbonyl (C=O) groups excluding carboxylic acids is 2. The van der Waals surface area contributed by atoms with Gasteiger partial charge >= 0.3 is 6.18 Å². The highest BCUT2D eigenvalue weighted by Crippen LogP contribution is 2.47. The van der Waals surface area contributed by atoms with Gasteiger partial charge in [-0.3, -0.25) is 9.59 Å². The van der Waals surface area contributed by atoms with Crippen LogP contribution in [0.4, 0.5) is 23.2 Å². The summed E-state index contributed by atoms with van der Waals surface area (Å²) >= 11 is 9.58. The van der Waals surface area contributed by atoms with Crippen LogP contribution in [0.15, 0.2) is 34.8 Å². The van der Waals surface area contributed by atoms with Crippen LogP contribution in [0.5, 0.6) is 0 Å². The smallest absolute Gasteiger partial charge is 0.341 e. The number of benzene rings is 2. The molecular weight excluding hydrogens is 528 g/mol. The van der Waals surface area contributed by atoms with Gasteiger partial charge in [0, 0.05) is 37.3 Å². The number of carbonyl (C=O) groups is 2. The molecule has 0 aromatic heterocycles. The van der Waals surface area contributed by atoms with E-state index in [2.05, 4.69) is 26.6 Å². The Morgan fingerprint density at radius 2 is 2.00 bits per heavy atom. The van der Waals surface area contributed by atoms with Crippen LogP contribution in [-0.4, -0.2) is 18.0 Å². The van der Waals surface area contributed by atoms with Crippen LogP contribution in [0.1, 0.15) is 60.1 Å². The minimum absolute atomic E-state index is 0.00276. The van der Waals surface area contributed by atoms with Crippen molar-refractivity contribution >= 4 is 45.0 Å². The molecule has 2 aromatic carbocycles. The Kier molecular flexibility index (Phi) is 6.24. The number of alkyl halides is 3. The molecule has 1 saturated carbocycles. The average molecular weight is 548 g/mol. The Morgan fingerprint density at radius 3 is 2.70 bits per heavy atom. The van der Waals surface area contributed by atoms with Crippen LogP contribution < -0.4 is 10.6 Å². The molecule has 3 atom stereocenters. The van der Waals surface area contributed by atoms with Crippen molar-refractivity contribution in [2.24, 2.45) is 11.3 Å². The van der Waals surface area contributed by atoms with Gasteiger partial charge in [-0.1, -0.05) is 40.9 Å². The molecule has 1 heterocycles. The lowest BCUT2D eigenvalue weighted by Crippen LogP contribution is -2.41. The number of nitrogens with one attached hydrogen (secondary N) is 2. The third-order valence-electron chi connectivity index (χ3n) is 6.46. The van der Waals surface area contributed by atoms with Crippen LogP contribution in [0.2, 0.25) is 5.02 Å². The third-order valence-corrected chi connectivity index (χ3v) is 7.26. The lowest BCUT2D eigenvalue weighted by atomic mass is 9.70. The molecule has 0 spiro atoms. The molecule has 176 valence electrons. The van der Waals surface area contributed by atoms with Gasteiger partial charge in [-0.15, -0.1) is 0 Å². The minimum Gasteiger partial charge on any atom is -0.341 e. The van der Waals surface area contributed by atoms with Gasteiger partial charge in [-0.25, -0.2) is 4.39 Å². The summed E-state index contributed by atoms with van der Waals surface area (Å²) in [6.45, 7) is 1.53. The molecule has 0 bridgehead atoms. The fourth-order valence-corrected chi connectivity index (χ4v) is 5.40. The largest absolute Gasteiger partial charge is 0.391 e. The molecule has 1 fully saturated rings. The average Bonchev–Trinajstić information content (AvgIpc) is 3.05. The van der Waals surface area contributed by atoms with Gasteiger partial charge in [0.05, 0.1) is 12.0 Å². The molecule has 2 amide bonds. The molecule has 1 aliphatic carbocycles. The normalized spacial score (nSPS) is 24.9. The molecule has 2 aromatic rings. The summed E-state index contributed by atoms with van der Waals surface area (Å²) in [7, 11) is 0. The second kappa shape index (κ2) is 8.58. The number of rotatable bonds is 3. The predicted octanol–water partition coefficient (Wildman–Crippen LogP) is 6.77. The molecule has 33 heavy (non-hydrogen) atoms. The maximum absolute atomic E-state index is 13.9. The second-order valence-corrected chi connectivity index (χ2v) is 10.2. The van der Waals surface area contributed by atoms with Crippen molar-refractivity contribution in [1.82, 2.24) is 5.32 Å². The first-order chi connectivity index (χ1) is 15.4. The maximum atomic E-state index is 13.9. The first-order valence-corrected chi connectivity index (χ1v) is 11.5. The standard InChI is InChI=1S/C23H20BrClF4N2O2/c1-22(6-2-3-11(10-22)23(27,28)29)21(33)30-17-8-12(24)7-15-18(17)19(31-20(15)32)14-9-13(26)4-5-16(14)25/h4-5,7-9,11,19H,2-3,6,10H2,1H3,(H,30,33)(H,31,32). The lowest BCUT2D eigenvalue weighted by Gasteiger charge is -2.37. The van der Waals surface area contributed by atoms with Crippen molar-refractivity contribution in [2.75, 3.05) is 5.32 Å². The number of hydrogen-bond acceptors (Lipinski definition) is 2. The van der Waals surface area contributed by atoms with E-state index in [1.165, 1.54) is 25.1 Å². The van der Waals surface area contributed by atoms with E-state index >= 15 is 0 Å². The Morgan fingerprint density at radius 1 is 1.27 bits per heavy atom. The van der Waals surface area contributed by atoms with Crippen molar-refractivity contribution in [3.8, 4) is 0 Å². The van der Waals surface area contributed by atoms with Gasteiger partial charge in [0.25, 0.3) is 5.91 Å². The van der Waals surface area contributed by atoms with Gasteiger partial charge in [-0.05, 0) is 49.6 Å². The summed E-state index contributed by atoms with van der Waals surface area (Å²) in [5.41, 5.74) is -0.0239. The van der Waals surface area contributed by atoms with E-state index in [4.69, 9.17) is 11.6 Å². The number of fused-ring (bicyclic) bond motifs is 1. The minimum atomic E-state index is -4.37. The Balaban J connectivity index is 1.71. The summed E-state index contributed by atoms with van der Waals surface area (Å²) < 4.78 is 54.4. The lowest BCUT2D eigenvalue weighted by molar-refractivity contribution is -0.191. The molecule has 2 N–H and O–H groups in total. The van der Waals surface area contributed by atoms with Gasteiger partial charge in [0.15, 0.2) is 0 Å². The fraction of sp³-hybridized carbons (Fsp3) is 0.391. The molecular formula is C23H20BrClF4N2O2. The van der Waals surface area contributed by atoms with E-state index in [0.717, 1.165) is 0 Å². The van der Waals surface area contributed by atoms with Crippen molar-refractivity contribution in [1.29, 1.82) is 0 Å². The van der Waals surface area contributed by atoms with E-state index < -0.39 is 41.2 Å². The van der Waals surface area contributed by atoms with Crippen LogP contribution in [-0.2, 0) is 4.79 Å². The Labute approximate surface area is 201 Å². The maximum Gasteiger partial charge on any atom is 0.391 e. The van der Waals surface area contributed by atoms with E-state index in [1.807, 2.05) is 0 Å². The first kappa shape index (κ1) is 24.0. The Bertz CT molecular complexity index is 1140. The monoisotopic (exact) mass is 546 g/mol. The molecule has 0 saturated heterocycles. The number of amides is 2. The zero-order valence-corrected chi connectivity index (χ0v) is 19.8. The molecule has 2 aliphatic rings. The highest BCUT2D eigenvalue weighted by Gasteiger charge is 2.49. The molecule has 4 rings (SSSR count). The van der Waals surface area contributed by atoms with Crippen molar-refractivity contribution in [3.05, 3.63) is 62.3 Å². The summed E-state index contributed by atoms with van der Waals surface area (Å²) in [6.07, 6.45) is -4.08. The van der Waals surface area contributed by atoms with E-state index in [0.29, 0.717) is 22.0 Å². The Hall–Kier alpha value is -2.13. The van der Waals surface area contributed by atoms with Crippen LogP contribution in [0.3, 0.4) is 0 Å². The molecule has 0 radical (unpaired) electrons. The number of hydrogen-bond donors (Lipinski definition) is 2. The molecule has 4 nitrogen and oxygen atoms in total. The zero-order chi connectivity index (χ0) is 24.1. The summed E-state index contributed by atoms with van der Waals surface area (Å²) in [5, 5.41) is 5.73. The van der Waals surface area contributed by atoms with E-state index in [-0.39, 0.29) is 35.5 Å². The summed E-state index contributed by atoms with van der Waals surface area (Å²) in [4.78, 5) is 25.9. The van der Waals surface area contributed by atoms with Crippen molar-refractivity contribution in [2.45, 2.75) is 44.8 Å². The second-order valence-electron chi connectivity index (χ2n) is 8.84. The fourth-order valence-electron chi connectivity index (χ4n) is 4.72. The van der Waals surface area contributed by atoms with Gasteiger partial charge in [0.1, 0.15) is 5.82 Å². The van der Waals surface area contributed by atoms with Crippen LogP contribution in [0, 0.1) is 17.2 Å². The van der Waals surface area contributed by atoms with E-state index in [9.17, 15) is 27.2 Å². The van der Waals surface area contributed by atoms with Crippen molar-refractivity contribution in [3.63, 3.8) is 0 Å². The highest BCUT2D eigenvalue weighted by molar-refractivity contribution is 9.10. The molecule has 3 unspecified atom stereocenters. The predicted molar refractivity (Wildman–Crippen MR) is 120 cm³/mol. The summed E-state index contributed by atoms with van der Waals surface area (Å²) in [6, 6.07) is 6.07. The third kappa shape index (κ3) is 4.62. The van der Waals surface area contributed by atoms with Crippen molar-refractivity contribution < 1.29 is 27.2 Å². The first-order valence-electron chi connectivity index (χ1n) is 10.4.